The molecule has 1 fully saturated rings. The van der Waals surface area contributed by atoms with E-state index in [2.05, 4.69) is 42.4 Å². The van der Waals surface area contributed by atoms with E-state index in [4.69, 9.17) is 5.73 Å². The Bertz CT molecular complexity index is 644. The highest BCUT2D eigenvalue weighted by Gasteiger charge is 2.31. The molecule has 0 spiro atoms. The Hall–Kier alpha value is -1.91. The van der Waals surface area contributed by atoms with Crippen LogP contribution in [0.3, 0.4) is 0 Å². The topological polar surface area (TPSA) is 69.6 Å². The fraction of sp³-hybridized carbons (Fsp3) is 0.562. The molecule has 3 rings (SSSR count). The highest BCUT2D eigenvalue weighted by atomic mass is 15.5. The first kappa shape index (κ1) is 14.0. The largest absolute Gasteiger partial charge is 0.398 e. The van der Waals surface area contributed by atoms with Gasteiger partial charge in [-0.2, -0.15) is 0 Å². The molecule has 5 heteroatoms. The second-order valence-electron chi connectivity index (χ2n) is 6.95. The van der Waals surface area contributed by atoms with Gasteiger partial charge in [-0.25, -0.2) is 4.68 Å². The van der Waals surface area contributed by atoms with Crippen molar-refractivity contribution in [2.45, 2.75) is 52.5 Å². The van der Waals surface area contributed by atoms with E-state index in [1.165, 1.54) is 12.8 Å². The Morgan fingerprint density at radius 1 is 1.33 bits per heavy atom. The lowest BCUT2D eigenvalue weighted by Crippen LogP contribution is -2.26. The normalized spacial score (nSPS) is 21.4. The van der Waals surface area contributed by atoms with Crippen LogP contribution in [-0.4, -0.2) is 20.2 Å². The third-order valence-corrected chi connectivity index (χ3v) is 4.47. The SMILES string of the molecule is Cc1ccc(N)c(-c2nnnn2C2CCCC(C)(C)C2)c1. The summed E-state index contributed by atoms with van der Waals surface area (Å²) < 4.78 is 1.98. The zero-order chi connectivity index (χ0) is 15.0. The number of nitrogens with two attached hydrogens (primary N) is 1. The summed E-state index contributed by atoms with van der Waals surface area (Å²) >= 11 is 0. The van der Waals surface area contributed by atoms with Crippen LogP contribution in [0.15, 0.2) is 18.2 Å². The molecule has 0 bridgehead atoms. The number of nitrogen functional groups attached to an aromatic ring is 1. The van der Waals surface area contributed by atoms with E-state index in [1.807, 2.05) is 16.8 Å². The van der Waals surface area contributed by atoms with Crippen molar-refractivity contribution in [3.05, 3.63) is 23.8 Å². The van der Waals surface area contributed by atoms with E-state index in [-0.39, 0.29) is 0 Å². The molecule has 0 amide bonds. The highest BCUT2D eigenvalue weighted by molar-refractivity contribution is 5.72. The van der Waals surface area contributed by atoms with Crippen molar-refractivity contribution in [3.63, 3.8) is 0 Å². The Morgan fingerprint density at radius 2 is 2.14 bits per heavy atom. The number of rotatable bonds is 2. The zero-order valence-electron chi connectivity index (χ0n) is 13.0. The Morgan fingerprint density at radius 3 is 2.90 bits per heavy atom. The summed E-state index contributed by atoms with van der Waals surface area (Å²) in [5.74, 6) is 0.791. The van der Waals surface area contributed by atoms with Crippen molar-refractivity contribution >= 4 is 5.69 Å². The average Bonchev–Trinajstić information content (AvgIpc) is 2.89. The smallest absolute Gasteiger partial charge is 0.184 e. The number of nitrogens with zero attached hydrogens (tertiary/aromatic N) is 4. The van der Waals surface area contributed by atoms with Crippen LogP contribution >= 0.6 is 0 Å². The third-order valence-electron chi connectivity index (χ3n) is 4.47. The quantitative estimate of drug-likeness (QED) is 0.859. The summed E-state index contributed by atoms with van der Waals surface area (Å²) in [6.07, 6.45) is 4.73. The van der Waals surface area contributed by atoms with Gasteiger partial charge in [-0.05, 0) is 54.2 Å². The lowest BCUT2D eigenvalue weighted by atomic mass is 9.75. The maximum atomic E-state index is 6.12. The number of anilines is 1. The first-order valence-corrected chi connectivity index (χ1v) is 7.61. The van der Waals surface area contributed by atoms with E-state index < -0.39 is 0 Å². The molecular formula is C16H23N5. The first-order chi connectivity index (χ1) is 9.96. The second-order valence-corrected chi connectivity index (χ2v) is 6.95. The predicted molar refractivity (Wildman–Crippen MR) is 83.7 cm³/mol. The minimum atomic E-state index is 0.351. The zero-order valence-corrected chi connectivity index (χ0v) is 13.0. The number of tetrazole rings is 1. The number of aryl methyl sites for hydroxylation is 1. The molecule has 5 nitrogen and oxygen atoms in total. The van der Waals surface area contributed by atoms with Crippen molar-refractivity contribution in [1.29, 1.82) is 0 Å². The summed E-state index contributed by atoms with van der Waals surface area (Å²) in [7, 11) is 0. The van der Waals surface area contributed by atoms with Gasteiger partial charge in [0.25, 0.3) is 0 Å². The first-order valence-electron chi connectivity index (χ1n) is 7.61. The molecule has 112 valence electrons. The molecular weight excluding hydrogens is 262 g/mol. The van der Waals surface area contributed by atoms with Crippen LogP contribution in [0.1, 0.15) is 51.1 Å². The molecule has 21 heavy (non-hydrogen) atoms. The van der Waals surface area contributed by atoms with Crippen molar-refractivity contribution in [2.75, 3.05) is 5.73 Å². The molecule has 1 aromatic heterocycles. The molecule has 0 radical (unpaired) electrons. The minimum absolute atomic E-state index is 0.351. The van der Waals surface area contributed by atoms with Gasteiger partial charge in [0.1, 0.15) is 0 Å². The van der Waals surface area contributed by atoms with Crippen LogP contribution in [-0.2, 0) is 0 Å². The van der Waals surface area contributed by atoms with Crippen molar-refractivity contribution in [3.8, 4) is 11.4 Å². The molecule has 2 N–H and O–H groups in total. The molecule has 1 aromatic carbocycles. The monoisotopic (exact) mass is 285 g/mol. The van der Waals surface area contributed by atoms with Crippen molar-refractivity contribution < 1.29 is 0 Å². The Balaban J connectivity index is 1.99. The minimum Gasteiger partial charge on any atom is -0.398 e. The molecule has 0 saturated heterocycles. The van der Waals surface area contributed by atoms with Gasteiger partial charge >= 0.3 is 0 Å². The predicted octanol–water partition coefficient (Wildman–Crippen LogP) is 3.37. The van der Waals surface area contributed by atoms with Gasteiger partial charge in [-0.15, -0.1) is 5.10 Å². The lowest BCUT2D eigenvalue weighted by Gasteiger charge is -2.35. The number of aromatic nitrogens is 4. The van der Waals surface area contributed by atoms with E-state index in [0.29, 0.717) is 11.5 Å². The van der Waals surface area contributed by atoms with E-state index in [0.717, 1.165) is 35.5 Å². The fourth-order valence-electron chi connectivity index (χ4n) is 3.35. The van der Waals surface area contributed by atoms with Gasteiger partial charge < -0.3 is 5.73 Å². The summed E-state index contributed by atoms with van der Waals surface area (Å²) in [4.78, 5) is 0. The van der Waals surface area contributed by atoms with Crippen molar-refractivity contribution in [2.24, 2.45) is 5.41 Å². The van der Waals surface area contributed by atoms with Crippen LogP contribution in [0.5, 0.6) is 0 Å². The molecule has 1 aliphatic carbocycles. The standard InChI is InChI=1S/C16H23N5/c1-11-6-7-14(17)13(9-11)15-18-19-20-21(15)12-5-4-8-16(2,3)10-12/h6-7,9,12H,4-5,8,10,17H2,1-3H3. The molecule has 1 heterocycles. The maximum Gasteiger partial charge on any atom is 0.184 e. The number of hydrogen-bond donors (Lipinski definition) is 1. The molecule has 2 aromatic rings. The molecule has 0 aliphatic heterocycles. The van der Waals surface area contributed by atoms with Gasteiger partial charge in [0.15, 0.2) is 5.82 Å². The Labute approximate surface area is 125 Å². The number of benzene rings is 1. The third kappa shape index (κ3) is 2.77. The van der Waals surface area contributed by atoms with Crippen LogP contribution in [0, 0.1) is 12.3 Å². The van der Waals surface area contributed by atoms with Gasteiger partial charge in [-0.1, -0.05) is 31.9 Å². The summed E-state index contributed by atoms with van der Waals surface area (Å²) in [5, 5.41) is 12.4. The van der Waals surface area contributed by atoms with Gasteiger partial charge in [-0.3, -0.25) is 0 Å². The fourth-order valence-corrected chi connectivity index (χ4v) is 3.35. The summed E-state index contributed by atoms with van der Waals surface area (Å²) in [6.45, 7) is 6.70. The van der Waals surface area contributed by atoms with Crippen LogP contribution in [0.25, 0.3) is 11.4 Å². The van der Waals surface area contributed by atoms with Gasteiger partial charge in [0, 0.05) is 11.3 Å². The van der Waals surface area contributed by atoms with Gasteiger partial charge in [0.2, 0.25) is 0 Å². The van der Waals surface area contributed by atoms with Crippen LogP contribution < -0.4 is 5.73 Å². The van der Waals surface area contributed by atoms with Crippen LogP contribution in [0.2, 0.25) is 0 Å². The average molecular weight is 285 g/mol. The lowest BCUT2D eigenvalue weighted by molar-refractivity contribution is 0.174. The molecule has 1 aliphatic rings. The van der Waals surface area contributed by atoms with E-state index >= 15 is 0 Å². The van der Waals surface area contributed by atoms with E-state index in [1.54, 1.807) is 0 Å². The summed E-state index contributed by atoms with van der Waals surface area (Å²) in [6, 6.07) is 6.36. The molecule has 1 unspecified atom stereocenters. The van der Waals surface area contributed by atoms with Crippen molar-refractivity contribution in [1.82, 2.24) is 20.2 Å². The van der Waals surface area contributed by atoms with Gasteiger partial charge in [0.05, 0.1) is 6.04 Å². The molecule has 1 saturated carbocycles. The maximum absolute atomic E-state index is 6.12. The summed E-state index contributed by atoms with van der Waals surface area (Å²) in [5.41, 5.74) is 9.30. The van der Waals surface area contributed by atoms with Crippen LogP contribution in [0.4, 0.5) is 5.69 Å². The second kappa shape index (κ2) is 5.13. The Kier molecular flexibility index (Phi) is 3.43. The molecule has 1 atom stereocenters. The highest BCUT2D eigenvalue weighted by Crippen LogP contribution is 2.41. The number of hydrogen-bond acceptors (Lipinski definition) is 4. The van der Waals surface area contributed by atoms with E-state index in [9.17, 15) is 0 Å².